The van der Waals surface area contributed by atoms with E-state index in [0.29, 0.717) is 23.6 Å². The number of aliphatic carboxylic acids is 1. The van der Waals surface area contributed by atoms with Crippen LogP contribution in [0.2, 0.25) is 0 Å². The summed E-state index contributed by atoms with van der Waals surface area (Å²) in [6, 6.07) is 5.26. The van der Waals surface area contributed by atoms with Crippen LogP contribution in [0.3, 0.4) is 0 Å². The summed E-state index contributed by atoms with van der Waals surface area (Å²) in [4.78, 5) is 27.6. The predicted molar refractivity (Wildman–Crippen MR) is 85.4 cm³/mol. The zero-order valence-corrected chi connectivity index (χ0v) is 13.3. The largest absolute Gasteiger partial charge is 0.493 e. The number of carbonyl (C=O) groups is 2. The van der Waals surface area contributed by atoms with Gasteiger partial charge in [0, 0.05) is 12.1 Å². The molecule has 0 aromatic heterocycles. The molecule has 0 bridgehead atoms. The zero-order valence-electron chi connectivity index (χ0n) is 13.3. The van der Waals surface area contributed by atoms with Gasteiger partial charge in [0.25, 0.3) is 0 Å². The average molecular weight is 317 g/mol. The highest BCUT2D eigenvalue weighted by Crippen LogP contribution is 2.33. The first-order valence-corrected chi connectivity index (χ1v) is 7.20. The Hall–Kier alpha value is -2.63. The molecule has 6 nitrogen and oxygen atoms in total. The van der Waals surface area contributed by atoms with Crippen LogP contribution < -0.4 is 9.47 Å². The van der Waals surface area contributed by atoms with Crippen LogP contribution in [0.15, 0.2) is 34.8 Å². The van der Waals surface area contributed by atoms with Crippen LogP contribution in [-0.4, -0.2) is 36.8 Å². The number of methoxy groups -OCH3 is 2. The quantitative estimate of drug-likeness (QED) is 0.863. The summed E-state index contributed by atoms with van der Waals surface area (Å²) in [6.45, 7) is 1.69. The first-order valence-electron chi connectivity index (χ1n) is 7.20. The van der Waals surface area contributed by atoms with Gasteiger partial charge in [-0.05, 0) is 37.1 Å². The molecule has 0 saturated heterocycles. The number of hydrogen-bond acceptors (Lipinski definition) is 5. The molecule has 1 aromatic carbocycles. The van der Waals surface area contributed by atoms with Gasteiger partial charge in [-0.25, -0.2) is 4.79 Å². The molecular weight excluding hydrogens is 298 g/mol. The zero-order chi connectivity index (χ0) is 17.0. The molecule has 1 heterocycles. The van der Waals surface area contributed by atoms with Crippen molar-refractivity contribution in [1.82, 2.24) is 0 Å². The summed E-state index contributed by atoms with van der Waals surface area (Å²) in [7, 11) is 3.12. The van der Waals surface area contributed by atoms with Crippen LogP contribution >= 0.6 is 0 Å². The third-order valence-electron chi connectivity index (χ3n) is 3.68. The minimum atomic E-state index is -1.21. The summed E-state index contributed by atoms with van der Waals surface area (Å²) >= 11 is 0. The second kappa shape index (κ2) is 7.09. The molecule has 0 spiro atoms. The fourth-order valence-corrected chi connectivity index (χ4v) is 2.52. The Morgan fingerprint density at radius 2 is 1.96 bits per heavy atom. The third kappa shape index (κ3) is 3.77. The minimum absolute atomic E-state index is 0.133. The molecule has 0 saturated carbocycles. The Morgan fingerprint density at radius 3 is 2.57 bits per heavy atom. The Kier molecular flexibility index (Phi) is 5.16. The fraction of sp³-hybridized carbons (Fsp3) is 0.353. The molecule has 0 amide bonds. The van der Waals surface area contributed by atoms with Crippen molar-refractivity contribution in [3.05, 3.63) is 35.4 Å². The van der Waals surface area contributed by atoms with Crippen molar-refractivity contribution in [3.63, 3.8) is 0 Å². The number of allylic oxidation sites excluding steroid dienone is 1. The van der Waals surface area contributed by atoms with E-state index in [4.69, 9.17) is 14.6 Å². The maximum absolute atomic E-state index is 12.0. The predicted octanol–water partition coefficient (Wildman–Crippen LogP) is 2.58. The molecule has 23 heavy (non-hydrogen) atoms. The number of carbonyl (C=O) groups excluding carboxylic acids is 1. The first kappa shape index (κ1) is 16.7. The van der Waals surface area contributed by atoms with Crippen LogP contribution in [0, 0.1) is 0 Å². The average Bonchev–Trinajstić information content (AvgIpc) is 2.53. The number of carboxylic acids is 1. The molecule has 1 N–H and O–H groups in total. The molecule has 1 unspecified atom stereocenters. The highest BCUT2D eigenvalue weighted by Gasteiger charge is 2.23. The first-order chi connectivity index (χ1) is 11.0. The molecule has 1 aliphatic heterocycles. The Morgan fingerprint density at radius 1 is 1.26 bits per heavy atom. The van der Waals surface area contributed by atoms with Crippen LogP contribution in [0.25, 0.3) is 0 Å². The number of nitrogens with zero attached hydrogens (tertiary/aromatic N) is 1. The monoisotopic (exact) mass is 317 g/mol. The van der Waals surface area contributed by atoms with Crippen molar-refractivity contribution in [2.24, 2.45) is 4.99 Å². The lowest BCUT2D eigenvalue weighted by molar-refractivity contribution is -0.134. The number of ketones is 1. The fourth-order valence-electron chi connectivity index (χ4n) is 2.52. The molecule has 2 rings (SSSR count). The molecule has 1 atom stereocenters. The molecule has 122 valence electrons. The molecule has 0 radical (unpaired) electrons. The summed E-state index contributed by atoms with van der Waals surface area (Å²) in [5.41, 5.74) is 1.19. The van der Waals surface area contributed by atoms with Crippen molar-refractivity contribution in [2.45, 2.75) is 25.8 Å². The van der Waals surface area contributed by atoms with Crippen molar-refractivity contribution < 1.29 is 24.2 Å². The van der Waals surface area contributed by atoms with E-state index in [9.17, 15) is 9.59 Å². The standard InChI is InChI=1S/C17H19NO5/c1-10-8-12(17(20)21)14(19)6-5-13(18-10)11-4-7-15(22-2)16(9-11)23-3/h4,7-9,13H,5-6H2,1-3H3,(H,20,21)/b12-8+,18-10-. The highest BCUT2D eigenvalue weighted by molar-refractivity contribution is 6.20. The summed E-state index contributed by atoms with van der Waals surface area (Å²) in [5.74, 6) is -0.383. The lowest BCUT2D eigenvalue weighted by atomic mass is 9.96. The number of carboxylic acid groups (broad SMARTS) is 1. The number of rotatable bonds is 4. The Balaban J connectivity index is 2.39. The summed E-state index contributed by atoms with van der Waals surface area (Å²) in [6.07, 6.45) is 1.90. The summed E-state index contributed by atoms with van der Waals surface area (Å²) < 4.78 is 10.5. The van der Waals surface area contributed by atoms with Crippen molar-refractivity contribution in [2.75, 3.05) is 14.2 Å². The Labute approximate surface area is 134 Å². The van der Waals surface area contributed by atoms with E-state index in [1.165, 1.54) is 6.08 Å². The van der Waals surface area contributed by atoms with Gasteiger partial charge in [-0.1, -0.05) is 6.07 Å². The van der Waals surface area contributed by atoms with Crippen molar-refractivity contribution >= 4 is 17.5 Å². The van der Waals surface area contributed by atoms with E-state index in [2.05, 4.69) is 4.99 Å². The molecular formula is C17H19NO5. The normalized spacial score (nSPS) is 22.9. The van der Waals surface area contributed by atoms with Gasteiger partial charge in [0.15, 0.2) is 17.3 Å². The van der Waals surface area contributed by atoms with Crippen LogP contribution in [0.4, 0.5) is 0 Å². The van der Waals surface area contributed by atoms with Crippen LogP contribution in [0.1, 0.15) is 31.4 Å². The van der Waals surface area contributed by atoms with Gasteiger partial charge in [0.05, 0.1) is 20.3 Å². The SMILES string of the molecule is COc1ccc(C2CCC(=O)/C(C(=O)O)=C\C(C)=N/2)cc1OC. The number of ether oxygens (including phenoxy) is 2. The summed E-state index contributed by atoms with van der Waals surface area (Å²) in [5, 5.41) is 9.08. The maximum atomic E-state index is 12.0. The van der Waals surface area contributed by atoms with E-state index < -0.39 is 5.97 Å². The van der Waals surface area contributed by atoms with E-state index in [1.807, 2.05) is 12.1 Å². The van der Waals surface area contributed by atoms with Gasteiger partial charge < -0.3 is 14.6 Å². The lowest BCUT2D eigenvalue weighted by Crippen LogP contribution is -2.17. The van der Waals surface area contributed by atoms with Gasteiger partial charge in [-0.15, -0.1) is 0 Å². The van der Waals surface area contributed by atoms with E-state index in [1.54, 1.807) is 27.2 Å². The molecule has 6 heteroatoms. The number of Topliss-reactive ketones (excluding diaryl/α,β-unsaturated/α-hetero) is 1. The van der Waals surface area contributed by atoms with Crippen molar-refractivity contribution in [1.29, 1.82) is 0 Å². The topological polar surface area (TPSA) is 85.2 Å². The number of aliphatic imine (C=N–C) groups is 1. The van der Waals surface area contributed by atoms with Crippen LogP contribution in [0.5, 0.6) is 11.5 Å². The maximum Gasteiger partial charge on any atom is 0.339 e. The smallest absolute Gasteiger partial charge is 0.339 e. The molecule has 0 fully saturated rings. The van der Waals surface area contributed by atoms with Crippen molar-refractivity contribution in [3.8, 4) is 11.5 Å². The van der Waals surface area contributed by atoms with E-state index in [-0.39, 0.29) is 23.8 Å². The molecule has 0 aliphatic carbocycles. The second-order valence-electron chi connectivity index (χ2n) is 5.23. The Bertz CT molecular complexity index is 690. The highest BCUT2D eigenvalue weighted by atomic mass is 16.5. The third-order valence-corrected chi connectivity index (χ3v) is 3.68. The van der Waals surface area contributed by atoms with E-state index in [0.717, 1.165) is 5.56 Å². The molecule has 1 aliphatic rings. The number of hydrogen-bond donors (Lipinski definition) is 1. The second-order valence-corrected chi connectivity index (χ2v) is 5.23. The molecule has 1 aromatic rings. The van der Waals surface area contributed by atoms with Gasteiger partial charge in [0.2, 0.25) is 0 Å². The van der Waals surface area contributed by atoms with Crippen LogP contribution in [-0.2, 0) is 9.59 Å². The van der Waals surface area contributed by atoms with Gasteiger partial charge in [0.1, 0.15) is 5.57 Å². The van der Waals surface area contributed by atoms with Gasteiger partial charge in [-0.2, -0.15) is 0 Å². The minimum Gasteiger partial charge on any atom is -0.493 e. The van der Waals surface area contributed by atoms with Gasteiger partial charge >= 0.3 is 5.97 Å². The van der Waals surface area contributed by atoms with Gasteiger partial charge in [-0.3, -0.25) is 9.79 Å². The van der Waals surface area contributed by atoms with E-state index >= 15 is 0 Å². The number of benzene rings is 1. The lowest BCUT2D eigenvalue weighted by Gasteiger charge is -2.18.